The molecule has 0 amide bonds. The number of benzene rings is 1. The molecule has 1 heteroatoms. The first-order chi connectivity index (χ1) is 11.3. The van der Waals surface area contributed by atoms with Gasteiger partial charge in [-0.25, -0.2) is 0 Å². The summed E-state index contributed by atoms with van der Waals surface area (Å²) in [5.74, 6) is -0.455. The van der Waals surface area contributed by atoms with Crippen LogP contribution in [0.2, 0.25) is 0 Å². The highest BCUT2D eigenvalue weighted by molar-refractivity contribution is 5.33. The lowest BCUT2D eigenvalue weighted by atomic mass is 9.64. The van der Waals surface area contributed by atoms with Gasteiger partial charge in [-0.1, -0.05) is 18.2 Å². The highest BCUT2D eigenvalue weighted by atomic mass is 14.4. The van der Waals surface area contributed by atoms with Crippen molar-refractivity contribution in [1.82, 2.24) is 0 Å². The average Bonchev–Trinajstić information content (AvgIpc) is 2.53. The number of allylic oxidation sites excluding steroid dienone is 1. The van der Waals surface area contributed by atoms with Gasteiger partial charge < -0.3 is 0 Å². The van der Waals surface area contributed by atoms with Gasteiger partial charge in [-0.15, -0.1) is 6.58 Å². The van der Waals surface area contributed by atoms with E-state index in [9.17, 15) is 0 Å². The fourth-order valence-corrected chi connectivity index (χ4v) is 3.47. The normalized spacial score (nSPS) is 41.0. The van der Waals surface area contributed by atoms with Crippen molar-refractivity contribution in [2.45, 2.75) is 44.3 Å². The molecule has 2 aliphatic carbocycles. The smallest absolute Gasteiger partial charge is 0.0991 e. The maximum Gasteiger partial charge on any atom is 0.0991 e. The summed E-state index contributed by atoms with van der Waals surface area (Å²) in [5, 5.41) is 8.94. The molecule has 0 bridgehead atoms. The zero-order valence-corrected chi connectivity index (χ0v) is 11.7. The number of nitrogens with zero attached hydrogens (tertiary/aromatic N) is 1. The quantitative estimate of drug-likeness (QED) is 0.690. The summed E-state index contributed by atoms with van der Waals surface area (Å²) in [4.78, 5) is 0. The van der Waals surface area contributed by atoms with Crippen LogP contribution in [-0.4, -0.2) is 0 Å². The molecule has 0 radical (unpaired) electrons. The molecule has 1 nitrogen and oxygen atoms in total. The minimum atomic E-state index is -1.60. The van der Waals surface area contributed by atoms with Crippen LogP contribution < -0.4 is 0 Å². The second-order valence-corrected chi connectivity index (χ2v) is 5.92. The molecule has 0 spiro atoms. The molecule has 20 heavy (non-hydrogen) atoms. The maximum atomic E-state index is 8.94. The van der Waals surface area contributed by atoms with Gasteiger partial charge in [0.15, 0.2) is 0 Å². The Bertz CT molecular complexity index is 659. The van der Waals surface area contributed by atoms with E-state index in [2.05, 4.69) is 12.6 Å². The monoisotopic (exact) mass is 269 g/mol. The SMILES string of the molecule is [2H]C1([2H])CC2CC(C=C)CCC2C([2H])([2H])C1c1ccc(C#N)cc1. The molecule has 4 unspecified atom stereocenters. The third kappa shape index (κ3) is 2.66. The van der Waals surface area contributed by atoms with Crippen LogP contribution in [0.1, 0.15) is 61.0 Å². The molecule has 0 N–H and O–H groups in total. The Hall–Kier alpha value is -1.55. The zero-order chi connectivity index (χ0) is 17.5. The highest BCUT2D eigenvalue weighted by Crippen LogP contribution is 2.47. The third-order valence-electron chi connectivity index (χ3n) is 4.69. The molecular weight excluding hydrogens is 242 g/mol. The van der Waals surface area contributed by atoms with Gasteiger partial charge in [0.05, 0.1) is 11.6 Å². The van der Waals surface area contributed by atoms with E-state index in [0.717, 1.165) is 19.3 Å². The van der Waals surface area contributed by atoms with E-state index in [4.69, 9.17) is 10.7 Å². The largest absolute Gasteiger partial charge is 0.192 e. The van der Waals surface area contributed by atoms with E-state index in [1.165, 1.54) is 0 Å². The first-order valence-corrected chi connectivity index (χ1v) is 7.42. The number of fused-ring (bicyclic) bond motifs is 1. The van der Waals surface area contributed by atoms with Gasteiger partial charge >= 0.3 is 0 Å². The average molecular weight is 269 g/mol. The van der Waals surface area contributed by atoms with Gasteiger partial charge in [-0.3, -0.25) is 0 Å². The van der Waals surface area contributed by atoms with Crippen LogP contribution in [-0.2, 0) is 0 Å². The van der Waals surface area contributed by atoms with E-state index in [0.29, 0.717) is 23.5 Å². The molecule has 0 saturated heterocycles. The van der Waals surface area contributed by atoms with Gasteiger partial charge in [0.25, 0.3) is 0 Å². The predicted molar refractivity (Wildman–Crippen MR) is 82.3 cm³/mol. The summed E-state index contributed by atoms with van der Waals surface area (Å²) in [6.45, 7) is 3.86. The fraction of sp³-hybridized carbons (Fsp3) is 0.526. The van der Waals surface area contributed by atoms with Gasteiger partial charge in [0.2, 0.25) is 0 Å². The summed E-state index contributed by atoms with van der Waals surface area (Å²) in [5.41, 5.74) is 1.17. The van der Waals surface area contributed by atoms with Crippen LogP contribution in [0.15, 0.2) is 36.9 Å². The Morgan fingerprint density at radius 1 is 1.20 bits per heavy atom. The van der Waals surface area contributed by atoms with Crippen molar-refractivity contribution in [3.63, 3.8) is 0 Å². The van der Waals surface area contributed by atoms with Crippen molar-refractivity contribution < 1.29 is 5.48 Å². The summed E-state index contributed by atoms with van der Waals surface area (Å²) in [7, 11) is 0. The number of rotatable bonds is 2. The molecule has 0 aromatic heterocycles. The summed E-state index contributed by atoms with van der Waals surface area (Å²) >= 11 is 0. The molecule has 4 atom stereocenters. The van der Waals surface area contributed by atoms with Gasteiger partial charge in [-0.05, 0) is 79.8 Å². The fourth-order valence-electron chi connectivity index (χ4n) is 3.47. The van der Waals surface area contributed by atoms with Gasteiger partial charge in [0, 0.05) is 5.48 Å². The van der Waals surface area contributed by atoms with E-state index in [1.807, 2.05) is 6.08 Å². The van der Waals surface area contributed by atoms with Crippen molar-refractivity contribution in [2.24, 2.45) is 17.8 Å². The Morgan fingerprint density at radius 2 is 2.00 bits per heavy atom. The lowest BCUT2D eigenvalue weighted by Gasteiger charge is -2.41. The molecule has 0 aliphatic heterocycles. The summed E-state index contributed by atoms with van der Waals surface area (Å²) < 4.78 is 34.6. The van der Waals surface area contributed by atoms with Crippen molar-refractivity contribution in [2.75, 3.05) is 0 Å². The molecule has 2 aliphatic rings. The zero-order valence-electron chi connectivity index (χ0n) is 15.7. The Kier molecular flexibility index (Phi) is 2.74. The minimum Gasteiger partial charge on any atom is -0.192 e. The molecule has 1 aromatic rings. The van der Waals surface area contributed by atoms with Crippen molar-refractivity contribution in [3.05, 3.63) is 48.0 Å². The Balaban J connectivity index is 1.97. The van der Waals surface area contributed by atoms with Crippen LogP contribution >= 0.6 is 0 Å². The lowest BCUT2D eigenvalue weighted by molar-refractivity contribution is 0.133. The van der Waals surface area contributed by atoms with Crippen molar-refractivity contribution in [1.29, 1.82) is 5.26 Å². The van der Waals surface area contributed by atoms with Crippen LogP contribution in [0.5, 0.6) is 0 Å². The number of hydrogen-bond donors (Lipinski definition) is 0. The van der Waals surface area contributed by atoms with Gasteiger partial charge in [0.1, 0.15) is 0 Å². The lowest BCUT2D eigenvalue weighted by Crippen LogP contribution is -2.29. The molecular formula is C19H23N. The Morgan fingerprint density at radius 3 is 2.70 bits per heavy atom. The summed E-state index contributed by atoms with van der Waals surface area (Å²) in [6.07, 6.45) is 1.71. The molecule has 0 heterocycles. The van der Waals surface area contributed by atoms with E-state index in [-0.39, 0.29) is 11.8 Å². The van der Waals surface area contributed by atoms with Gasteiger partial charge in [-0.2, -0.15) is 5.26 Å². The van der Waals surface area contributed by atoms with E-state index >= 15 is 0 Å². The van der Waals surface area contributed by atoms with E-state index in [1.54, 1.807) is 24.3 Å². The van der Waals surface area contributed by atoms with Crippen LogP contribution in [0.3, 0.4) is 0 Å². The van der Waals surface area contributed by atoms with Crippen LogP contribution in [0.25, 0.3) is 0 Å². The molecule has 2 saturated carbocycles. The summed E-state index contributed by atoms with van der Waals surface area (Å²) in [6, 6.07) is 8.80. The van der Waals surface area contributed by atoms with Crippen molar-refractivity contribution in [3.8, 4) is 6.07 Å². The van der Waals surface area contributed by atoms with Crippen LogP contribution in [0, 0.1) is 29.1 Å². The Labute approximate surface area is 127 Å². The topological polar surface area (TPSA) is 23.8 Å². The first kappa shape index (κ1) is 9.40. The maximum absolute atomic E-state index is 8.94. The standard InChI is InChI=1S/C19H23N/c1-2-14-3-8-19-12-18(10-9-17(19)11-14)16-6-4-15(13-20)5-7-16/h2,4-7,14,17-19H,1,3,8-12H2/i10D2,12D2. The van der Waals surface area contributed by atoms with E-state index < -0.39 is 18.7 Å². The second kappa shape index (κ2) is 5.83. The first-order valence-electron chi connectivity index (χ1n) is 9.42. The van der Waals surface area contributed by atoms with Crippen molar-refractivity contribution >= 4 is 0 Å². The minimum absolute atomic E-state index is 0.0707. The predicted octanol–water partition coefficient (Wildman–Crippen LogP) is 5.04. The number of nitriles is 1. The van der Waals surface area contributed by atoms with Crippen LogP contribution in [0.4, 0.5) is 0 Å². The second-order valence-electron chi connectivity index (χ2n) is 5.92. The third-order valence-corrected chi connectivity index (χ3v) is 4.69. The number of hydrogen-bond acceptors (Lipinski definition) is 1. The molecule has 104 valence electrons. The highest BCUT2D eigenvalue weighted by Gasteiger charge is 2.35. The molecule has 3 rings (SSSR count). The molecule has 2 fully saturated rings. The molecule has 1 aromatic carbocycles.